The molecule has 1 aromatic rings. The first kappa shape index (κ1) is 15.9. The van der Waals surface area contributed by atoms with Crippen LogP contribution in [0.5, 0.6) is 0 Å². The smallest absolute Gasteiger partial charge is 0.146 e. The molecule has 0 aliphatic rings. The lowest BCUT2D eigenvalue weighted by molar-refractivity contribution is 0.371. The molecule has 0 fully saturated rings. The van der Waals surface area contributed by atoms with Crippen LogP contribution in [0.3, 0.4) is 0 Å². The lowest BCUT2D eigenvalue weighted by atomic mass is 10.0. The van der Waals surface area contributed by atoms with E-state index in [1.807, 2.05) is 34.0 Å². The molecule has 0 radical (unpaired) electrons. The van der Waals surface area contributed by atoms with E-state index in [0.29, 0.717) is 5.69 Å². The van der Waals surface area contributed by atoms with Crippen molar-refractivity contribution in [2.75, 3.05) is 32.1 Å². The largest absolute Gasteiger partial charge is 0.365 e. The molecule has 1 aromatic carbocycles. The van der Waals surface area contributed by atoms with Gasteiger partial charge in [-0.15, -0.1) is 0 Å². The number of benzene rings is 1. The Morgan fingerprint density at radius 1 is 1.26 bits per heavy atom. The minimum atomic E-state index is -0.192. The van der Waals surface area contributed by atoms with Gasteiger partial charge in [0.1, 0.15) is 5.82 Å². The predicted octanol–water partition coefficient (Wildman–Crippen LogP) is 2.62. The van der Waals surface area contributed by atoms with Gasteiger partial charge in [0, 0.05) is 25.2 Å². The fourth-order valence-electron chi connectivity index (χ4n) is 2.52. The van der Waals surface area contributed by atoms with Gasteiger partial charge >= 0.3 is 0 Å². The Morgan fingerprint density at radius 3 is 2.37 bits per heavy atom. The molecule has 19 heavy (non-hydrogen) atoms. The molecular formula is C15H26FN3. The maximum Gasteiger partial charge on any atom is 0.146 e. The van der Waals surface area contributed by atoms with E-state index >= 15 is 0 Å². The number of para-hydroxylation sites is 1. The normalized spacial score (nSPS) is 14.5. The van der Waals surface area contributed by atoms with Gasteiger partial charge in [0.2, 0.25) is 0 Å². The second-order valence-corrected chi connectivity index (χ2v) is 5.36. The van der Waals surface area contributed by atoms with Crippen molar-refractivity contribution in [3.8, 4) is 0 Å². The van der Waals surface area contributed by atoms with E-state index in [-0.39, 0.29) is 17.9 Å². The molecule has 2 N–H and O–H groups in total. The Balaban J connectivity index is 3.17. The first-order valence-corrected chi connectivity index (χ1v) is 6.83. The molecule has 0 aromatic heterocycles. The maximum absolute atomic E-state index is 14.2. The molecule has 0 aliphatic heterocycles. The van der Waals surface area contributed by atoms with E-state index < -0.39 is 0 Å². The van der Waals surface area contributed by atoms with Crippen LogP contribution in [0.2, 0.25) is 0 Å². The van der Waals surface area contributed by atoms with Gasteiger partial charge in [0.15, 0.2) is 0 Å². The summed E-state index contributed by atoms with van der Waals surface area (Å²) in [4.78, 5) is 4.20. The summed E-state index contributed by atoms with van der Waals surface area (Å²) in [5.74, 6) is -0.192. The summed E-state index contributed by atoms with van der Waals surface area (Å²) in [7, 11) is 4.05. The fourth-order valence-corrected chi connectivity index (χ4v) is 2.52. The third-order valence-corrected chi connectivity index (χ3v) is 3.30. The number of hydrogen-bond donors (Lipinski definition) is 1. The highest BCUT2D eigenvalue weighted by Crippen LogP contribution is 2.29. The molecule has 0 spiro atoms. The van der Waals surface area contributed by atoms with Crippen LogP contribution in [0.25, 0.3) is 0 Å². The zero-order valence-corrected chi connectivity index (χ0v) is 12.7. The zero-order valence-electron chi connectivity index (χ0n) is 12.7. The summed E-state index contributed by atoms with van der Waals surface area (Å²) < 4.78 is 14.2. The number of nitrogens with two attached hydrogens (primary N) is 1. The lowest BCUT2D eigenvalue weighted by Crippen LogP contribution is -2.41. The van der Waals surface area contributed by atoms with E-state index in [2.05, 4.69) is 16.7 Å². The molecule has 0 heterocycles. The lowest BCUT2D eigenvalue weighted by Gasteiger charge is -2.34. The predicted molar refractivity (Wildman–Crippen MR) is 80.0 cm³/mol. The van der Waals surface area contributed by atoms with E-state index in [1.54, 1.807) is 6.07 Å². The summed E-state index contributed by atoms with van der Waals surface area (Å²) in [6.45, 7) is 7.68. The van der Waals surface area contributed by atoms with Gasteiger partial charge in [-0.3, -0.25) is 0 Å². The molecule has 3 nitrogen and oxygen atoms in total. The molecule has 2 atom stereocenters. The van der Waals surface area contributed by atoms with Crippen molar-refractivity contribution in [3.63, 3.8) is 0 Å². The van der Waals surface area contributed by atoms with Crippen molar-refractivity contribution >= 4 is 5.69 Å². The van der Waals surface area contributed by atoms with Crippen LogP contribution in [0.15, 0.2) is 18.2 Å². The van der Waals surface area contributed by atoms with Gasteiger partial charge in [-0.2, -0.15) is 0 Å². The van der Waals surface area contributed by atoms with Crippen molar-refractivity contribution in [2.45, 2.75) is 32.9 Å². The Hall–Kier alpha value is -1.13. The van der Waals surface area contributed by atoms with Crippen LogP contribution in [0, 0.1) is 5.82 Å². The number of hydrogen-bond acceptors (Lipinski definition) is 3. The van der Waals surface area contributed by atoms with Crippen LogP contribution in [0.1, 0.15) is 32.4 Å². The summed E-state index contributed by atoms with van der Waals surface area (Å²) in [5.41, 5.74) is 7.49. The number of nitrogens with zero attached hydrogens (tertiary/aromatic N) is 2. The summed E-state index contributed by atoms with van der Waals surface area (Å²) >= 11 is 0. The number of likely N-dealkylation sites (N-methyl/N-ethyl adjacent to an activating group) is 2. The Labute approximate surface area is 116 Å². The average Bonchev–Trinajstić information content (AvgIpc) is 2.30. The van der Waals surface area contributed by atoms with Crippen molar-refractivity contribution in [1.82, 2.24) is 4.90 Å². The summed E-state index contributed by atoms with van der Waals surface area (Å²) in [6.07, 6.45) is 0. The highest BCUT2D eigenvalue weighted by atomic mass is 19.1. The minimum Gasteiger partial charge on any atom is -0.365 e. The molecule has 0 saturated heterocycles. The second-order valence-electron chi connectivity index (χ2n) is 5.36. The molecule has 1 rings (SSSR count). The molecular weight excluding hydrogens is 241 g/mol. The van der Waals surface area contributed by atoms with Crippen molar-refractivity contribution in [1.29, 1.82) is 0 Å². The zero-order chi connectivity index (χ0) is 14.6. The van der Waals surface area contributed by atoms with E-state index in [4.69, 9.17) is 5.73 Å². The van der Waals surface area contributed by atoms with Gasteiger partial charge in [0.25, 0.3) is 0 Å². The van der Waals surface area contributed by atoms with Gasteiger partial charge in [-0.05, 0) is 46.5 Å². The Kier molecular flexibility index (Phi) is 5.76. The van der Waals surface area contributed by atoms with Crippen molar-refractivity contribution in [2.24, 2.45) is 5.73 Å². The minimum absolute atomic E-state index is 0.175. The average molecular weight is 267 g/mol. The summed E-state index contributed by atoms with van der Waals surface area (Å²) in [6, 6.07) is 5.20. The first-order chi connectivity index (χ1) is 8.88. The SMILES string of the molecule is CCN(c1c(F)cccc1[C@H](C)N)C(C)CN(C)C. The van der Waals surface area contributed by atoms with Crippen molar-refractivity contribution in [3.05, 3.63) is 29.6 Å². The van der Waals surface area contributed by atoms with Gasteiger partial charge < -0.3 is 15.5 Å². The van der Waals surface area contributed by atoms with Gasteiger partial charge in [-0.25, -0.2) is 4.39 Å². The van der Waals surface area contributed by atoms with E-state index in [1.165, 1.54) is 6.07 Å². The fraction of sp³-hybridized carbons (Fsp3) is 0.600. The molecule has 1 unspecified atom stereocenters. The molecule has 0 bridgehead atoms. The third kappa shape index (κ3) is 3.91. The highest BCUT2D eigenvalue weighted by molar-refractivity contribution is 5.56. The van der Waals surface area contributed by atoms with Crippen LogP contribution in [-0.2, 0) is 0 Å². The quantitative estimate of drug-likeness (QED) is 0.860. The number of halogens is 1. The van der Waals surface area contributed by atoms with Crippen LogP contribution in [0.4, 0.5) is 10.1 Å². The molecule has 0 aliphatic carbocycles. The first-order valence-electron chi connectivity index (χ1n) is 6.83. The van der Waals surface area contributed by atoms with E-state index in [0.717, 1.165) is 18.7 Å². The van der Waals surface area contributed by atoms with Crippen LogP contribution >= 0.6 is 0 Å². The number of rotatable bonds is 6. The highest BCUT2D eigenvalue weighted by Gasteiger charge is 2.21. The monoisotopic (exact) mass is 267 g/mol. The van der Waals surface area contributed by atoms with Crippen molar-refractivity contribution < 1.29 is 4.39 Å². The van der Waals surface area contributed by atoms with Crippen LogP contribution < -0.4 is 10.6 Å². The van der Waals surface area contributed by atoms with Crippen LogP contribution in [-0.4, -0.2) is 38.1 Å². The molecule has 108 valence electrons. The molecule has 4 heteroatoms. The van der Waals surface area contributed by atoms with E-state index in [9.17, 15) is 4.39 Å². The Morgan fingerprint density at radius 2 is 1.89 bits per heavy atom. The second kappa shape index (κ2) is 6.87. The summed E-state index contributed by atoms with van der Waals surface area (Å²) in [5, 5.41) is 0. The third-order valence-electron chi connectivity index (χ3n) is 3.30. The topological polar surface area (TPSA) is 32.5 Å². The number of anilines is 1. The van der Waals surface area contributed by atoms with Gasteiger partial charge in [-0.1, -0.05) is 12.1 Å². The van der Waals surface area contributed by atoms with Gasteiger partial charge in [0.05, 0.1) is 5.69 Å². The maximum atomic E-state index is 14.2. The molecule has 0 saturated carbocycles. The standard InChI is InChI=1S/C15H26FN3/c1-6-19(11(2)10-18(4)5)15-13(12(3)17)8-7-9-14(15)16/h7-9,11-12H,6,10,17H2,1-5H3/t11?,12-/m0/s1. The molecule has 0 amide bonds. The Bertz CT molecular complexity index is 404.